The Balaban J connectivity index is 1.60. The number of hydrogen-bond acceptors (Lipinski definition) is 4. The highest BCUT2D eigenvalue weighted by Gasteiger charge is 2.14. The number of benzene rings is 2. The van der Waals surface area contributed by atoms with Crippen LogP contribution in [0.15, 0.2) is 59.7 Å². The molecule has 1 N–H and O–H groups in total. The molecule has 7 heteroatoms. The average Bonchev–Trinajstić information content (AvgIpc) is 2.73. The van der Waals surface area contributed by atoms with Crippen molar-refractivity contribution in [3.05, 3.63) is 76.3 Å². The van der Waals surface area contributed by atoms with Crippen LogP contribution >= 0.6 is 0 Å². The zero-order valence-electron chi connectivity index (χ0n) is 16.8. The fraction of sp³-hybridized carbons (Fsp3) is 0.273. The standard InChI is InChI=1S/C22H24N4O3/c1-15(2)25(3)21(28)17-10-8-16(9-11-17)12-23-20(27)13-26-14-24-19-7-5-4-6-18(19)22(26)29/h4-11,14-15H,12-13H2,1-3H3,(H,23,27). The van der Waals surface area contributed by atoms with E-state index in [0.717, 1.165) is 5.56 Å². The molecule has 0 aliphatic rings. The third kappa shape index (κ3) is 4.68. The second-order valence-electron chi connectivity index (χ2n) is 7.18. The topological polar surface area (TPSA) is 84.3 Å². The maximum absolute atomic E-state index is 12.4. The van der Waals surface area contributed by atoms with Crippen LogP contribution in [0.5, 0.6) is 0 Å². The van der Waals surface area contributed by atoms with E-state index >= 15 is 0 Å². The van der Waals surface area contributed by atoms with Crippen molar-refractivity contribution in [2.75, 3.05) is 7.05 Å². The van der Waals surface area contributed by atoms with Crippen LogP contribution in [0.1, 0.15) is 29.8 Å². The second kappa shape index (κ2) is 8.68. The number of rotatable bonds is 6. The highest BCUT2D eigenvalue weighted by atomic mass is 16.2. The van der Waals surface area contributed by atoms with Crippen molar-refractivity contribution in [3.8, 4) is 0 Å². The highest BCUT2D eigenvalue weighted by molar-refractivity contribution is 5.94. The summed E-state index contributed by atoms with van der Waals surface area (Å²) in [5.74, 6) is -0.331. The molecule has 1 aromatic heterocycles. The molecule has 1 heterocycles. The first-order valence-corrected chi connectivity index (χ1v) is 9.44. The Morgan fingerprint density at radius 3 is 2.48 bits per heavy atom. The Bertz CT molecular complexity index is 1090. The fourth-order valence-electron chi connectivity index (χ4n) is 2.83. The van der Waals surface area contributed by atoms with Gasteiger partial charge in [-0.1, -0.05) is 24.3 Å². The third-order valence-electron chi connectivity index (χ3n) is 4.83. The van der Waals surface area contributed by atoms with Crippen LogP contribution in [0.4, 0.5) is 0 Å². The molecule has 0 unspecified atom stereocenters. The Morgan fingerprint density at radius 1 is 1.10 bits per heavy atom. The number of carbonyl (C=O) groups excluding carboxylic acids is 2. The Kier molecular flexibility index (Phi) is 6.07. The van der Waals surface area contributed by atoms with Crippen molar-refractivity contribution in [3.63, 3.8) is 0 Å². The van der Waals surface area contributed by atoms with Crippen LogP contribution < -0.4 is 10.9 Å². The van der Waals surface area contributed by atoms with Crippen molar-refractivity contribution < 1.29 is 9.59 Å². The minimum Gasteiger partial charge on any atom is -0.350 e. The lowest BCUT2D eigenvalue weighted by Crippen LogP contribution is -2.33. The Morgan fingerprint density at radius 2 is 1.79 bits per heavy atom. The second-order valence-corrected chi connectivity index (χ2v) is 7.18. The molecular formula is C22H24N4O3. The molecule has 0 saturated heterocycles. The molecule has 2 amide bonds. The van der Waals surface area contributed by atoms with E-state index in [0.29, 0.717) is 23.0 Å². The summed E-state index contributed by atoms with van der Waals surface area (Å²) in [6, 6.07) is 14.3. The molecule has 0 radical (unpaired) electrons. The lowest BCUT2D eigenvalue weighted by molar-refractivity contribution is -0.121. The SMILES string of the molecule is CC(C)N(C)C(=O)c1ccc(CNC(=O)Cn2cnc3ccccc3c2=O)cc1. The van der Waals surface area contributed by atoms with Gasteiger partial charge in [-0.25, -0.2) is 4.98 Å². The molecule has 0 fully saturated rings. The molecule has 150 valence electrons. The molecule has 7 nitrogen and oxygen atoms in total. The number of aromatic nitrogens is 2. The van der Waals surface area contributed by atoms with Gasteiger partial charge in [0.25, 0.3) is 11.5 Å². The molecule has 0 spiro atoms. The number of nitrogens with one attached hydrogen (secondary N) is 1. The lowest BCUT2D eigenvalue weighted by Gasteiger charge is -2.21. The number of fused-ring (bicyclic) bond motifs is 1. The van der Waals surface area contributed by atoms with Crippen molar-refractivity contribution in [1.82, 2.24) is 19.8 Å². The van der Waals surface area contributed by atoms with E-state index in [1.165, 1.54) is 10.9 Å². The first-order chi connectivity index (χ1) is 13.9. The molecule has 0 aliphatic carbocycles. The smallest absolute Gasteiger partial charge is 0.261 e. The van der Waals surface area contributed by atoms with Gasteiger partial charge in [-0.3, -0.25) is 19.0 Å². The molecule has 2 aromatic carbocycles. The van der Waals surface area contributed by atoms with Gasteiger partial charge in [-0.05, 0) is 43.7 Å². The van der Waals surface area contributed by atoms with E-state index in [4.69, 9.17) is 0 Å². The van der Waals surface area contributed by atoms with Gasteiger partial charge in [0.15, 0.2) is 0 Å². The lowest BCUT2D eigenvalue weighted by atomic mass is 10.1. The Hall–Kier alpha value is -3.48. The maximum Gasteiger partial charge on any atom is 0.261 e. The molecule has 3 aromatic rings. The van der Waals surface area contributed by atoms with E-state index in [2.05, 4.69) is 10.3 Å². The van der Waals surface area contributed by atoms with Crippen molar-refractivity contribution in [2.24, 2.45) is 0 Å². The summed E-state index contributed by atoms with van der Waals surface area (Å²) in [5, 5.41) is 3.27. The van der Waals surface area contributed by atoms with Crippen LogP contribution in [-0.4, -0.2) is 39.4 Å². The number of hydrogen-bond donors (Lipinski definition) is 1. The predicted octanol–water partition coefficient (Wildman–Crippen LogP) is 2.19. The molecule has 0 atom stereocenters. The zero-order chi connectivity index (χ0) is 21.0. The average molecular weight is 392 g/mol. The molecule has 0 saturated carbocycles. The first kappa shape index (κ1) is 20.3. The van der Waals surface area contributed by atoms with Gasteiger partial charge >= 0.3 is 0 Å². The summed E-state index contributed by atoms with van der Waals surface area (Å²) in [4.78, 5) is 42.9. The molecule has 0 bridgehead atoms. The van der Waals surface area contributed by atoms with E-state index in [-0.39, 0.29) is 30.0 Å². The summed E-state index contributed by atoms with van der Waals surface area (Å²) in [6.07, 6.45) is 1.38. The summed E-state index contributed by atoms with van der Waals surface area (Å²) in [6.45, 7) is 4.12. The molecule has 29 heavy (non-hydrogen) atoms. The van der Waals surface area contributed by atoms with E-state index in [1.807, 2.05) is 32.0 Å². The summed E-state index contributed by atoms with van der Waals surface area (Å²) >= 11 is 0. The largest absolute Gasteiger partial charge is 0.350 e. The molecule has 3 rings (SSSR count). The Labute approximate surface area is 169 Å². The summed E-state index contributed by atoms with van der Waals surface area (Å²) in [7, 11) is 1.77. The van der Waals surface area contributed by atoms with Crippen LogP contribution in [0.3, 0.4) is 0 Å². The number of para-hydroxylation sites is 1. The van der Waals surface area contributed by atoms with Crippen LogP contribution in [0.2, 0.25) is 0 Å². The first-order valence-electron chi connectivity index (χ1n) is 9.44. The van der Waals surface area contributed by atoms with Crippen molar-refractivity contribution in [1.29, 1.82) is 0 Å². The van der Waals surface area contributed by atoms with E-state index < -0.39 is 0 Å². The van der Waals surface area contributed by atoms with Gasteiger partial charge < -0.3 is 10.2 Å². The maximum atomic E-state index is 12.4. The number of amides is 2. The minimum absolute atomic E-state index is 0.0428. The predicted molar refractivity (Wildman–Crippen MR) is 112 cm³/mol. The minimum atomic E-state index is -0.288. The van der Waals surface area contributed by atoms with Crippen LogP contribution in [0, 0.1) is 0 Å². The summed E-state index contributed by atoms with van der Waals surface area (Å²) < 4.78 is 1.29. The number of carbonyl (C=O) groups is 2. The van der Waals surface area contributed by atoms with Crippen molar-refractivity contribution in [2.45, 2.75) is 33.0 Å². The van der Waals surface area contributed by atoms with Crippen LogP contribution in [0.25, 0.3) is 10.9 Å². The van der Waals surface area contributed by atoms with Crippen molar-refractivity contribution >= 4 is 22.7 Å². The summed E-state index contributed by atoms with van der Waals surface area (Å²) in [5.41, 5.74) is 1.82. The van der Waals surface area contributed by atoms with Gasteiger partial charge in [0.05, 0.1) is 17.2 Å². The number of nitrogens with zero attached hydrogens (tertiary/aromatic N) is 3. The van der Waals surface area contributed by atoms with Gasteiger partial charge in [0.2, 0.25) is 5.91 Å². The quantitative estimate of drug-likeness (QED) is 0.697. The van der Waals surface area contributed by atoms with E-state index in [9.17, 15) is 14.4 Å². The van der Waals surface area contributed by atoms with Crippen LogP contribution in [-0.2, 0) is 17.9 Å². The normalized spacial score (nSPS) is 10.9. The van der Waals surface area contributed by atoms with Gasteiger partial charge in [0, 0.05) is 25.2 Å². The van der Waals surface area contributed by atoms with Gasteiger partial charge in [0.1, 0.15) is 6.54 Å². The molecular weight excluding hydrogens is 368 g/mol. The molecule has 0 aliphatic heterocycles. The van der Waals surface area contributed by atoms with E-state index in [1.54, 1.807) is 42.3 Å². The monoisotopic (exact) mass is 392 g/mol. The van der Waals surface area contributed by atoms with Gasteiger partial charge in [-0.2, -0.15) is 0 Å². The highest BCUT2D eigenvalue weighted by Crippen LogP contribution is 2.09. The zero-order valence-corrected chi connectivity index (χ0v) is 16.8. The third-order valence-corrected chi connectivity index (χ3v) is 4.83. The van der Waals surface area contributed by atoms with Gasteiger partial charge in [-0.15, -0.1) is 0 Å². The fourth-order valence-corrected chi connectivity index (χ4v) is 2.83.